The molecule has 0 aliphatic rings. The summed E-state index contributed by atoms with van der Waals surface area (Å²) in [5.41, 5.74) is 1.64. The number of aryl methyl sites for hydroxylation is 1. The predicted octanol–water partition coefficient (Wildman–Crippen LogP) is 3.31. The number of carbonyl (C=O) groups is 1. The average molecular weight is 370 g/mol. The summed E-state index contributed by atoms with van der Waals surface area (Å²) in [6, 6.07) is 5.36. The first-order valence-corrected chi connectivity index (χ1v) is 9.11. The number of nitrogens with one attached hydrogen (secondary N) is 1. The van der Waals surface area contributed by atoms with E-state index in [9.17, 15) is 9.59 Å². The van der Waals surface area contributed by atoms with Crippen LogP contribution in [0.15, 0.2) is 46.1 Å². The second-order valence-corrected chi connectivity index (χ2v) is 6.10. The van der Waals surface area contributed by atoms with Crippen LogP contribution >= 0.6 is 11.3 Å². The largest absolute Gasteiger partial charge is 0.462 e. The van der Waals surface area contributed by atoms with Crippen molar-refractivity contribution in [2.24, 2.45) is 0 Å². The molecule has 0 saturated heterocycles. The lowest BCUT2D eigenvalue weighted by molar-refractivity contribution is 0.0527. The molecule has 3 rings (SSSR count). The van der Waals surface area contributed by atoms with Crippen LogP contribution in [0.5, 0.6) is 0 Å². The molecule has 26 heavy (non-hydrogen) atoms. The molecule has 0 aromatic carbocycles. The smallest absolute Gasteiger partial charge is 0.342 e. The van der Waals surface area contributed by atoms with Gasteiger partial charge >= 0.3 is 5.97 Å². The zero-order chi connectivity index (χ0) is 18.5. The predicted molar refractivity (Wildman–Crippen MR) is 101 cm³/mol. The molecule has 7 nitrogen and oxygen atoms in total. The van der Waals surface area contributed by atoms with Gasteiger partial charge in [0, 0.05) is 23.7 Å². The van der Waals surface area contributed by atoms with Crippen LogP contribution in [-0.4, -0.2) is 27.3 Å². The van der Waals surface area contributed by atoms with E-state index >= 15 is 0 Å². The lowest BCUT2D eigenvalue weighted by Crippen LogP contribution is -2.29. The first kappa shape index (κ1) is 17.8. The number of thiophene rings is 1. The van der Waals surface area contributed by atoms with Gasteiger partial charge in [-0.2, -0.15) is 16.4 Å². The fraction of sp³-hybridized carbons (Fsp3) is 0.222. The van der Waals surface area contributed by atoms with Crippen molar-refractivity contribution in [2.75, 3.05) is 11.9 Å². The van der Waals surface area contributed by atoms with Crippen LogP contribution in [0.1, 0.15) is 24.2 Å². The van der Waals surface area contributed by atoms with Crippen LogP contribution in [-0.2, 0) is 11.3 Å². The van der Waals surface area contributed by atoms with Gasteiger partial charge in [0.1, 0.15) is 16.9 Å². The minimum absolute atomic E-state index is 0.129. The second-order valence-electron chi connectivity index (χ2n) is 5.32. The summed E-state index contributed by atoms with van der Waals surface area (Å²) >= 11 is 1.49. The van der Waals surface area contributed by atoms with E-state index in [0.29, 0.717) is 17.9 Å². The van der Waals surface area contributed by atoms with Gasteiger partial charge in [-0.25, -0.2) is 9.48 Å². The third kappa shape index (κ3) is 3.50. The number of hydrogen-bond donors (Lipinski definition) is 1. The van der Waals surface area contributed by atoms with Crippen molar-refractivity contribution in [1.82, 2.24) is 14.8 Å². The maximum atomic E-state index is 12.9. The zero-order valence-corrected chi connectivity index (χ0v) is 15.2. The zero-order valence-electron chi connectivity index (χ0n) is 14.4. The van der Waals surface area contributed by atoms with Gasteiger partial charge < -0.3 is 10.1 Å². The summed E-state index contributed by atoms with van der Waals surface area (Å²) in [6.07, 6.45) is 3.21. The Kier molecular flexibility index (Phi) is 5.43. The number of anilines is 2. The molecule has 3 aromatic rings. The third-order valence-corrected chi connectivity index (χ3v) is 4.34. The average Bonchev–Trinajstić information content (AvgIpc) is 3.18. The van der Waals surface area contributed by atoms with E-state index in [0.717, 1.165) is 5.56 Å². The molecule has 0 aliphatic carbocycles. The SMILES string of the molecule is CCOC(=O)c1c(-c2ccsc2)nn(CC)c(=O)c1Nc1cccnc1. The van der Waals surface area contributed by atoms with Crippen molar-refractivity contribution in [3.05, 3.63) is 57.3 Å². The lowest BCUT2D eigenvalue weighted by atomic mass is 10.1. The number of esters is 1. The molecule has 3 aromatic heterocycles. The normalized spacial score (nSPS) is 10.5. The van der Waals surface area contributed by atoms with Crippen LogP contribution in [0.4, 0.5) is 11.4 Å². The summed E-state index contributed by atoms with van der Waals surface area (Å²) in [6.45, 7) is 4.12. The van der Waals surface area contributed by atoms with Crippen molar-refractivity contribution in [3.63, 3.8) is 0 Å². The molecule has 8 heteroatoms. The molecule has 0 fully saturated rings. The molecule has 134 valence electrons. The van der Waals surface area contributed by atoms with Gasteiger partial charge in [0.05, 0.1) is 18.5 Å². The standard InChI is InChI=1S/C18H18N4O3S/c1-3-22-17(23)16(20-13-6-5-8-19-10-13)14(18(24)25-4-2)15(21-22)12-7-9-26-11-12/h5-11,20H,3-4H2,1-2H3. The van der Waals surface area contributed by atoms with Crippen LogP contribution in [0.25, 0.3) is 11.3 Å². The van der Waals surface area contributed by atoms with E-state index in [2.05, 4.69) is 15.4 Å². The summed E-state index contributed by atoms with van der Waals surface area (Å²) in [5.74, 6) is -0.590. The summed E-state index contributed by atoms with van der Waals surface area (Å²) in [5, 5.41) is 11.2. The van der Waals surface area contributed by atoms with E-state index in [1.165, 1.54) is 16.0 Å². The van der Waals surface area contributed by atoms with Crippen molar-refractivity contribution in [1.29, 1.82) is 0 Å². The first-order valence-electron chi connectivity index (χ1n) is 8.17. The highest BCUT2D eigenvalue weighted by Crippen LogP contribution is 2.29. The maximum Gasteiger partial charge on any atom is 0.342 e. The lowest BCUT2D eigenvalue weighted by Gasteiger charge is -2.16. The molecule has 0 aliphatic heterocycles. The molecule has 0 bridgehead atoms. The molecular formula is C18H18N4O3S. The Bertz CT molecular complexity index is 953. The highest BCUT2D eigenvalue weighted by molar-refractivity contribution is 7.08. The molecule has 0 amide bonds. The Morgan fingerprint density at radius 1 is 1.35 bits per heavy atom. The molecule has 1 N–H and O–H groups in total. The Morgan fingerprint density at radius 2 is 2.19 bits per heavy atom. The Hall–Kier alpha value is -3.00. The van der Waals surface area contributed by atoms with Crippen molar-refractivity contribution in [2.45, 2.75) is 20.4 Å². The van der Waals surface area contributed by atoms with E-state index in [1.807, 2.05) is 23.8 Å². The van der Waals surface area contributed by atoms with Crippen molar-refractivity contribution < 1.29 is 9.53 Å². The Labute approximate surface area is 154 Å². The molecule has 3 heterocycles. The third-order valence-electron chi connectivity index (χ3n) is 3.66. The van der Waals surface area contributed by atoms with Gasteiger partial charge in [-0.15, -0.1) is 0 Å². The Morgan fingerprint density at radius 3 is 2.81 bits per heavy atom. The number of ether oxygens (including phenoxy) is 1. The number of rotatable bonds is 6. The van der Waals surface area contributed by atoms with Crippen LogP contribution < -0.4 is 10.9 Å². The number of hydrogen-bond acceptors (Lipinski definition) is 7. The minimum Gasteiger partial charge on any atom is -0.462 e. The number of carbonyl (C=O) groups excluding carboxylic acids is 1. The van der Waals surface area contributed by atoms with E-state index in [4.69, 9.17) is 4.74 Å². The summed E-state index contributed by atoms with van der Waals surface area (Å²) < 4.78 is 6.52. The quantitative estimate of drug-likeness (QED) is 0.670. The molecular weight excluding hydrogens is 352 g/mol. The highest BCUT2D eigenvalue weighted by atomic mass is 32.1. The van der Waals surface area contributed by atoms with Crippen LogP contribution in [0.2, 0.25) is 0 Å². The molecule has 0 radical (unpaired) electrons. The number of pyridine rings is 1. The maximum absolute atomic E-state index is 12.9. The Balaban J connectivity index is 2.26. The van der Waals surface area contributed by atoms with Crippen LogP contribution in [0.3, 0.4) is 0 Å². The molecule has 0 saturated carbocycles. The van der Waals surface area contributed by atoms with E-state index < -0.39 is 11.5 Å². The van der Waals surface area contributed by atoms with Gasteiger partial charge in [0.15, 0.2) is 0 Å². The highest BCUT2D eigenvalue weighted by Gasteiger charge is 2.25. The topological polar surface area (TPSA) is 86.1 Å². The number of nitrogens with zero attached hydrogens (tertiary/aromatic N) is 3. The van der Waals surface area contributed by atoms with E-state index in [1.54, 1.807) is 31.5 Å². The number of aromatic nitrogens is 3. The fourth-order valence-electron chi connectivity index (χ4n) is 2.49. The van der Waals surface area contributed by atoms with Crippen LogP contribution in [0, 0.1) is 0 Å². The first-order chi connectivity index (χ1) is 12.7. The van der Waals surface area contributed by atoms with Crippen molar-refractivity contribution in [3.8, 4) is 11.3 Å². The van der Waals surface area contributed by atoms with Gasteiger partial charge in [-0.1, -0.05) is 0 Å². The summed E-state index contributed by atoms with van der Waals surface area (Å²) in [4.78, 5) is 29.6. The van der Waals surface area contributed by atoms with Gasteiger partial charge in [0.2, 0.25) is 0 Å². The van der Waals surface area contributed by atoms with E-state index in [-0.39, 0.29) is 17.9 Å². The minimum atomic E-state index is -0.590. The van der Waals surface area contributed by atoms with Crippen molar-refractivity contribution >= 4 is 28.7 Å². The molecule has 0 spiro atoms. The van der Waals surface area contributed by atoms with Gasteiger partial charge in [0.25, 0.3) is 5.56 Å². The van der Waals surface area contributed by atoms with Gasteiger partial charge in [-0.05, 0) is 37.4 Å². The van der Waals surface area contributed by atoms with Gasteiger partial charge in [-0.3, -0.25) is 9.78 Å². The monoisotopic (exact) mass is 370 g/mol. The summed E-state index contributed by atoms with van der Waals surface area (Å²) in [7, 11) is 0. The fourth-order valence-corrected chi connectivity index (χ4v) is 3.13. The molecule has 0 unspecified atom stereocenters. The molecule has 0 atom stereocenters. The second kappa shape index (κ2) is 7.92.